The van der Waals surface area contributed by atoms with Crippen molar-refractivity contribution in [3.05, 3.63) is 11.1 Å². The maximum Gasteiger partial charge on any atom is 0.0442 e. The molecule has 0 atom stereocenters. The van der Waals surface area contributed by atoms with Crippen molar-refractivity contribution in [2.24, 2.45) is 27.1 Å². The van der Waals surface area contributed by atoms with Gasteiger partial charge in [-0.15, -0.1) is 0 Å². The minimum Gasteiger partial charge on any atom is -0.309 e. The molecule has 3 aliphatic carbocycles. The van der Waals surface area contributed by atoms with Crippen LogP contribution in [0.1, 0.15) is 295 Å². The van der Waals surface area contributed by atoms with Gasteiger partial charge in [0.05, 0.1) is 0 Å². The molecule has 1 heterocycles. The first-order chi connectivity index (χ1) is 28.7. The Balaban J connectivity index is -0.000000207. The van der Waals surface area contributed by atoms with Gasteiger partial charge in [0.1, 0.15) is 0 Å². The Labute approximate surface area is 413 Å². The summed E-state index contributed by atoms with van der Waals surface area (Å²) in [7, 11) is 5.72. The summed E-state index contributed by atoms with van der Waals surface area (Å²) in [5.74, 6) is 0. The Morgan fingerprint density at radius 1 is 0.484 bits per heavy atom. The molecule has 0 bridgehead atoms. The second-order valence-electron chi connectivity index (χ2n) is 28.2. The van der Waals surface area contributed by atoms with E-state index in [1.807, 2.05) is 0 Å². The predicted octanol–water partition coefficient (Wildman–Crippen LogP) is 21.7. The van der Waals surface area contributed by atoms with Crippen molar-refractivity contribution in [3.63, 3.8) is 0 Å². The number of hydrogen-bond donors (Lipinski definition) is 0. The van der Waals surface area contributed by atoms with Gasteiger partial charge in [0.25, 0.3) is 0 Å². The van der Waals surface area contributed by atoms with Crippen molar-refractivity contribution in [3.8, 4) is 0 Å². The number of hydrogen-bond acceptors (Lipinski definition) is 2. The van der Waals surface area contributed by atoms with E-state index in [2.05, 4.69) is 217 Å². The van der Waals surface area contributed by atoms with Crippen LogP contribution in [0.15, 0.2) is 11.1 Å². The van der Waals surface area contributed by atoms with E-state index >= 15 is 0 Å². The molecular weight excluding hydrogens is 789 g/mol. The van der Waals surface area contributed by atoms with Gasteiger partial charge < -0.3 is 4.90 Å². The van der Waals surface area contributed by atoms with Crippen molar-refractivity contribution in [1.82, 2.24) is 9.80 Å². The Hall–Kier alpha value is -0.123. The molecule has 2 nitrogen and oxygen atoms in total. The fourth-order valence-corrected chi connectivity index (χ4v) is 8.61. The molecule has 3 heteroatoms. The Morgan fingerprint density at radius 3 is 0.875 bits per heavy atom. The fourth-order valence-electron chi connectivity index (χ4n) is 7.19. The third kappa shape index (κ3) is 54.5. The van der Waals surface area contributed by atoms with Crippen molar-refractivity contribution in [2.45, 2.75) is 331 Å². The molecule has 0 amide bonds. The van der Waals surface area contributed by atoms with Crippen molar-refractivity contribution in [1.29, 1.82) is 0 Å². The number of likely N-dealkylation sites (tertiary alicyclic amines) is 1. The van der Waals surface area contributed by atoms with E-state index in [9.17, 15) is 0 Å². The molecule has 392 valence electrons. The summed E-state index contributed by atoms with van der Waals surface area (Å²) in [6.45, 7) is 63.4. The Morgan fingerprint density at radius 2 is 0.797 bits per heavy atom. The maximum absolute atomic E-state index is 2.49. The molecule has 2 saturated carbocycles. The normalized spacial score (nSPS) is 19.4. The number of rotatable bonds is 10. The summed E-state index contributed by atoms with van der Waals surface area (Å²) in [6, 6.07) is 1.50. The summed E-state index contributed by atoms with van der Waals surface area (Å²) < 4.78 is 0. The summed E-state index contributed by atoms with van der Waals surface area (Å²) in [5.41, 5.74) is 7.07. The first-order valence-electron chi connectivity index (χ1n) is 27.7. The predicted molar refractivity (Wildman–Crippen MR) is 308 cm³/mol. The van der Waals surface area contributed by atoms with Crippen molar-refractivity contribution >= 4 is 8.07 Å². The van der Waals surface area contributed by atoms with Gasteiger partial charge in [-0.25, -0.2) is 0 Å². The van der Waals surface area contributed by atoms with Crippen LogP contribution in [0.2, 0.25) is 25.7 Å². The smallest absolute Gasteiger partial charge is 0.0442 e. The van der Waals surface area contributed by atoms with Crippen molar-refractivity contribution in [2.75, 3.05) is 27.7 Å². The average Bonchev–Trinajstić information content (AvgIpc) is 3.73. The second kappa shape index (κ2) is 35.9. The summed E-state index contributed by atoms with van der Waals surface area (Å²) in [5, 5.41) is 0. The van der Waals surface area contributed by atoms with Gasteiger partial charge >= 0.3 is 0 Å². The SMILES string of the molecule is CC(C)(C)CCC(C)(C)C.CC1(C)CC1.CC1(C)CCC(C)(C)C1.CC1=C(C)CC1.CCCC.CCCCCC.CCCC[Si](C)(C)C.CCCN(C)C.CN1C(C)(C)CCC1(C)C. The summed E-state index contributed by atoms with van der Waals surface area (Å²) in [4.78, 5) is 4.67. The van der Waals surface area contributed by atoms with Crippen LogP contribution in [0.5, 0.6) is 0 Å². The molecule has 1 saturated heterocycles. The van der Waals surface area contributed by atoms with E-state index in [1.54, 1.807) is 11.1 Å². The lowest BCUT2D eigenvalue weighted by atomic mass is 9.81. The van der Waals surface area contributed by atoms with E-state index < -0.39 is 8.07 Å². The lowest BCUT2D eigenvalue weighted by Gasteiger charge is -2.36. The monoisotopic (exact) mass is 923 g/mol. The third-order valence-corrected chi connectivity index (χ3v) is 15.3. The van der Waals surface area contributed by atoms with Gasteiger partial charge in [-0.2, -0.15) is 0 Å². The van der Waals surface area contributed by atoms with Crippen LogP contribution in [-0.2, 0) is 0 Å². The van der Waals surface area contributed by atoms with Crippen LogP contribution in [0.4, 0.5) is 0 Å². The van der Waals surface area contributed by atoms with Crippen LogP contribution in [-0.4, -0.2) is 56.6 Å². The second-order valence-corrected chi connectivity index (χ2v) is 33.8. The Kier molecular flexibility index (Phi) is 40.9. The molecule has 0 aromatic carbocycles. The molecule has 64 heavy (non-hydrogen) atoms. The standard InChI is InChI=1S/C10H22.C9H19N.C9H18.C7H18Si.C6H10.C6H14.C5H13N.C5H10.C4H10/c1-9(2,3)7-8-10(4,5)6;1-8(2)6-7-9(3,4)10(8)5;1-8(2)5-6-9(3,4)7-8;1-5-6-7-8(2,3)4;1-5-3-4-6(5)2;1-3-5-6-4-2;1-4-5-6(2)3;1-5(2)3-4-5;1-3-4-2/h7-8H2,1-6H3;6-7H2,1-5H3;5-7H2,1-4H3;5-7H2,1-4H3;3-4H2,1-2H3;3-6H2,1-2H3;4-5H2,1-3H3;3-4H2,1-2H3;3-4H2,1-2H3. The molecule has 0 aromatic rings. The summed E-state index contributed by atoms with van der Waals surface area (Å²) >= 11 is 0. The highest BCUT2D eigenvalue weighted by Crippen LogP contribution is 2.48. The van der Waals surface area contributed by atoms with Crippen LogP contribution in [0.25, 0.3) is 0 Å². The molecule has 0 N–H and O–H groups in total. The van der Waals surface area contributed by atoms with Crippen LogP contribution >= 0.6 is 0 Å². The minimum atomic E-state index is -0.678. The molecule has 4 rings (SSSR count). The summed E-state index contributed by atoms with van der Waals surface area (Å²) in [6.07, 6.45) is 27.4. The lowest BCUT2D eigenvalue weighted by molar-refractivity contribution is 0.115. The zero-order valence-electron chi connectivity index (χ0n) is 51.5. The highest BCUT2D eigenvalue weighted by molar-refractivity contribution is 6.76. The van der Waals surface area contributed by atoms with Crippen LogP contribution < -0.4 is 0 Å². The van der Waals surface area contributed by atoms with E-state index in [0.29, 0.717) is 32.7 Å². The molecule has 0 spiro atoms. The molecule has 0 radical (unpaired) electrons. The Bertz CT molecular complexity index is 1010. The van der Waals surface area contributed by atoms with Crippen LogP contribution in [0.3, 0.4) is 0 Å². The molecule has 3 fully saturated rings. The number of unbranched alkanes of at least 4 members (excludes halogenated alkanes) is 5. The van der Waals surface area contributed by atoms with Gasteiger partial charge in [-0.1, -0.05) is 213 Å². The molecule has 1 aliphatic heterocycles. The van der Waals surface area contributed by atoms with Gasteiger partial charge in [-0.3, -0.25) is 4.90 Å². The topological polar surface area (TPSA) is 6.48 Å². The maximum atomic E-state index is 2.49. The molecular formula is C61H134N2Si. The van der Waals surface area contributed by atoms with Gasteiger partial charge in [0.2, 0.25) is 0 Å². The van der Waals surface area contributed by atoms with Gasteiger partial charge in [0.15, 0.2) is 0 Å². The largest absolute Gasteiger partial charge is 0.309 e. The quantitative estimate of drug-likeness (QED) is 0.122. The van der Waals surface area contributed by atoms with Crippen LogP contribution in [0, 0.1) is 27.1 Å². The highest BCUT2D eigenvalue weighted by atomic mass is 28.3. The van der Waals surface area contributed by atoms with E-state index in [1.165, 1.54) is 141 Å². The molecule has 0 aromatic heterocycles. The van der Waals surface area contributed by atoms with Gasteiger partial charge in [0, 0.05) is 19.2 Å². The molecule has 0 unspecified atom stereocenters. The van der Waals surface area contributed by atoms with E-state index in [0.717, 1.165) is 5.41 Å². The number of allylic oxidation sites excluding steroid dienone is 2. The average molecular weight is 924 g/mol. The van der Waals surface area contributed by atoms with Crippen molar-refractivity contribution < 1.29 is 0 Å². The molecule has 4 aliphatic rings. The first kappa shape index (κ1) is 72.9. The first-order valence-corrected chi connectivity index (χ1v) is 31.4. The number of nitrogens with zero attached hydrogens (tertiary/aromatic N) is 2. The lowest BCUT2D eigenvalue weighted by Crippen LogP contribution is -2.44. The third-order valence-electron chi connectivity index (χ3n) is 13.5. The minimum absolute atomic E-state index is 0.420. The fraction of sp³-hybridized carbons (Fsp3) is 0.967. The van der Waals surface area contributed by atoms with Gasteiger partial charge in [-0.05, 0) is 173 Å². The zero-order valence-corrected chi connectivity index (χ0v) is 52.5. The highest BCUT2D eigenvalue weighted by Gasteiger charge is 2.41. The van der Waals surface area contributed by atoms with E-state index in [4.69, 9.17) is 0 Å². The zero-order chi connectivity index (χ0) is 51.9. The van der Waals surface area contributed by atoms with E-state index in [-0.39, 0.29) is 0 Å².